The van der Waals surface area contributed by atoms with Crippen LogP contribution in [-0.4, -0.2) is 17.5 Å². The van der Waals surface area contributed by atoms with Crippen LogP contribution in [0.3, 0.4) is 0 Å². The summed E-state index contributed by atoms with van der Waals surface area (Å²) in [5.74, 6) is 5.82. The van der Waals surface area contributed by atoms with Crippen LogP contribution in [0.5, 0.6) is 0 Å². The summed E-state index contributed by atoms with van der Waals surface area (Å²) in [5, 5.41) is 9.39. The van der Waals surface area contributed by atoms with Crippen molar-refractivity contribution >= 4 is 5.78 Å². The number of aliphatic hydroxyl groups excluding tert-OH is 1. The molecule has 8 atom stereocenters. The average Bonchev–Trinajstić information content (AvgIpc) is 2.97. The highest BCUT2D eigenvalue weighted by Gasteiger charge is 2.58. The number of fused-ring (bicyclic) bond motifs is 5. The number of aliphatic hydroxyl groups is 1. The van der Waals surface area contributed by atoms with Crippen LogP contribution in [-0.2, 0) is 4.79 Å². The van der Waals surface area contributed by atoms with E-state index in [9.17, 15) is 9.90 Å². The van der Waals surface area contributed by atoms with Gasteiger partial charge in [-0.25, -0.2) is 0 Å². The lowest BCUT2D eigenvalue weighted by Crippen LogP contribution is -2.49. The SMILES string of the molecule is CCC1CCC2C(CCC3C2CCC2(C)C(C(=O)CO)CCC32)C1. The molecule has 0 amide bonds. The molecule has 0 spiro atoms. The maximum atomic E-state index is 12.3. The van der Waals surface area contributed by atoms with E-state index in [0.717, 1.165) is 41.9 Å². The van der Waals surface area contributed by atoms with Crippen molar-refractivity contribution in [3.63, 3.8) is 0 Å². The molecule has 8 unspecified atom stereocenters. The van der Waals surface area contributed by atoms with E-state index in [1.165, 1.54) is 57.8 Å². The molecule has 2 nitrogen and oxygen atoms in total. The maximum Gasteiger partial charge on any atom is 0.161 e. The maximum absolute atomic E-state index is 12.3. The summed E-state index contributed by atoms with van der Waals surface area (Å²) in [4.78, 5) is 12.3. The third kappa shape index (κ3) is 2.50. The van der Waals surface area contributed by atoms with Gasteiger partial charge in [0.2, 0.25) is 0 Å². The van der Waals surface area contributed by atoms with Gasteiger partial charge in [0.05, 0.1) is 0 Å². The fourth-order valence-corrected chi connectivity index (χ4v) is 7.96. The van der Waals surface area contributed by atoms with E-state index < -0.39 is 0 Å². The van der Waals surface area contributed by atoms with Gasteiger partial charge >= 0.3 is 0 Å². The van der Waals surface area contributed by atoms with Crippen molar-refractivity contribution < 1.29 is 9.90 Å². The van der Waals surface area contributed by atoms with Gasteiger partial charge in [0.25, 0.3) is 0 Å². The van der Waals surface area contributed by atoms with E-state index in [-0.39, 0.29) is 23.7 Å². The van der Waals surface area contributed by atoms with Crippen LogP contribution in [0, 0.1) is 46.8 Å². The second-order valence-electron chi connectivity index (χ2n) is 9.82. The summed E-state index contributed by atoms with van der Waals surface area (Å²) in [6, 6.07) is 0. The largest absolute Gasteiger partial charge is 0.389 e. The molecule has 1 N–H and O–H groups in total. The van der Waals surface area contributed by atoms with E-state index in [4.69, 9.17) is 0 Å². The van der Waals surface area contributed by atoms with Crippen LogP contribution < -0.4 is 0 Å². The lowest BCUT2D eigenvalue weighted by atomic mass is 9.49. The van der Waals surface area contributed by atoms with Gasteiger partial charge in [0.1, 0.15) is 6.61 Å². The molecule has 0 bridgehead atoms. The normalized spacial score (nSPS) is 50.7. The Balaban J connectivity index is 1.52. The van der Waals surface area contributed by atoms with Crippen molar-refractivity contribution in [1.29, 1.82) is 0 Å². The third-order valence-electron chi connectivity index (χ3n) is 9.18. The highest BCUT2D eigenvalue weighted by molar-refractivity contribution is 5.83. The molecule has 0 aliphatic heterocycles. The van der Waals surface area contributed by atoms with Crippen LogP contribution in [0.4, 0.5) is 0 Å². The molecule has 4 saturated carbocycles. The minimum atomic E-state index is -0.246. The van der Waals surface area contributed by atoms with Gasteiger partial charge in [-0.15, -0.1) is 0 Å². The van der Waals surface area contributed by atoms with E-state index in [0.29, 0.717) is 0 Å². The molecule has 0 saturated heterocycles. The summed E-state index contributed by atoms with van der Waals surface area (Å²) in [6.07, 6.45) is 13.6. The molecule has 4 fully saturated rings. The molecule has 4 aliphatic rings. The summed E-state index contributed by atoms with van der Waals surface area (Å²) in [7, 11) is 0. The molecule has 0 aromatic carbocycles. The predicted molar refractivity (Wildman–Crippen MR) is 96.5 cm³/mol. The van der Waals surface area contributed by atoms with Crippen molar-refractivity contribution in [2.24, 2.45) is 46.8 Å². The molecule has 2 heteroatoms. The predicted octanol–water partition coefficient (Wildman–Crippen LogP) is 4.84. The van der Waals surface area contributed by atoms with Crippen LogP contribution >= 0.6 is 0 Å². The first kappa shape index (κ1) is 17.1. The first-order valence-corrected chi connectivity index (χ1v) is 10.7. The average molecular weight is 333 g/mol. The summed E-state index contributed by atoms with van der Waals surface area (Å²) in [5.41, 5.74) is 0.189. The Morgan fingerprint density at radius 2 is 1.79 bits per heavy atom. The van der Waals surface area contributed by atoms with Crippen molar-refractivity contribution in [3.05, 3.63) is 0 Å². The monoisotopic (exact) mass is 332 g/mol. The molecule has 0 aromatic heterocycles. The van der Waals surface area contributed by atoms with Crippen LogP contribution in [0.1, 0.15) is 78.1 Å². The quantitative estimate of drug-likeness (QED) is 0.802. The molecular formula is C22H36O2. The Hall–Kier alpha value is -0.370. The van der Waals surface area contributed by atoms with Gasteiger partial charge in [-0.05, 0) is 92.3 Å². The number of carbonyl (C=O) groups excluding carboxylic acids is 1. The van der Waals surface area contributed by atoms with Crippen molar-refractivity contribution in [1.82, 2.24) is 0 Å². The molecule has 4 rings (SSSR count). The first-order chi connectivity index (χ1) is 11.6. The van der Waals surface area contributed by atoms with Gasteiger partial charge < -0.3 is 5.11 Å². The van der Waals surface area contributed by atoms with Crippen molar-refractivity contribution in [2.45, 2.75) is 78.1 Å². The Morgan fingerprint density at radius 3 is 2.54 bits per heavy atom. The molecule has 136 valence electrons. The minimum Gasteiger partial charge on any atom is -0.389 e. The zero-order valence-corrected chi connectivity index (χ0v) is 15.7. The van der Waals surface area contributed by atoms with E-state index in [1.54, 1.807) is 0 Å². The smallest absolute Gasteiger partial charge is 0.161 e. The number of carbonyl (C=O) groups is 1. The standard InChI is InChI=1S/C22H36O2/c1-3-14-4-6-16-15(12-14)5-7-18-17(16)10-11-22(2)19(18)8-9-20(22)21(24)13-23/h14-20,23H,3-13H2,1-2H3. The number of hydrogen-bond acceptors (Lipinski definition) is 2. The Bertz CT molecular complexity index is 486. The second kappa shape index (κ2) is 6.41. The molecule has 0 aromatic rings. The number of hydrogen-bond donors (Lipinski definition) is 1. The molecule has 24 heavy (non-hydrogen) atoms. The van der Waals surface area contributed by atoms with Gasteiger partial charge in [0, 0.05) is 5.92 Å². The topological polar surface area (TPSA) is 37.3 Å². The zero-order chi connectivity index (χ0) is 16.9. The van der Waals surface area contributed by atoms with E-state index in [1.807, 2.05) is 0 Å². The molecule has 4 aliphatic carbocycles. The highest BCUT2D eigenvalue weighted by atomic mass is 16.3. The number of Topliss-reactive ketones (excluding diaryl/α,β-unsaturated/α-hetero) is 1. The lowest BCUT2D eigenvalue weighted by Gasteiger charge is -2.56. The fraction of sp³-hybridized carbons (Fsp3) is 0.955. The van der Waals surface area contributed by atoms with Gasteiger partial charge in [0.15, 0.2) is 5.78 Å². The minimum absolute atomic E-state index is 0.121. The van der Waals surface area contributed by atoms with Crippen molar-refractivity contribution in [2.75, 3.05) is 6.61 Å². The van der Waals surface area contributed by atoms with Gasteiger partial charge in [-0.3, -0.25) is 4.79 Å². The van der Waals surface area contributed by atoms with Crippen molar-refractivity contribution in [3.8, 4) is 0 Å². The fourth-order valence-electron chi connectivity index (χ4n) is 7.96. The summed E-state index contributed by atoms with van der Waals surface area (Å²) < 4.78 is 0. The summed E-state index contributed by atoms with van der Waals surface area (Å²) in [6.45, 7) is 4.52. The van der Waals surface area contributed by atoms with E-state index in [2.05, 4.69) is 13.8 Å². The lowest BCUT2D eigenvalue weighted by molar-refractivity contribution is -0.133. The number of rotatable bonds is 3. The number of ketones is 1. The molecular weight excluding hydrogens is 296 g/mol. The third-order valence-corrected chi connectivity index (χ3v) is 9.18. The summed E-state index contributed by atoms with van der Waals surface area (Å²) >= 11 is 0. The van der Waals surface area contributed by atoms with Crippen LogP contribution in [0.2, 0.25) is 0 Å². The second-order valence-corrected chi connectivity index (χ2v) is 9.82. The highest BCUT2D eigenvalue weighted by Crippen LogP contribution is 2.64. The first-order valence-electron chi connectivity index (χ1n) is 10.7. The zero-order valence-electron chi connectivity index (χ0n) is 15.7. The molecule has 0 radical (unpaired) electrons. The molecule has 0 heterocycles. The Morgan fingerprint density at radius 1 is 1.00 bits per heavy atom. The van der Waals surface area contributed by atoms with E-state index >= 15 is 0 Å². The van der Waals surface area contributed by atoms with Gasteiger partial charge in [-0.1, -0.05) is 26.7 Å². The van der Waals surface area contributed by atoms with Crippen LogP contribution in [0.25, 0.3) is 0 Å². The Kier molecular flexibility index (Phi) is 4.56. The van der Waals surface area contributed by atoms with Crippen LogP contribution in [0.15, 0.2) is 0 Å². The Labute approximate surface area is 147 Å². The van der Waals surface area contributed by atoms with Gasteiger partial charge in [-0.2, -0.15) is 0 Å².